The number of halogens is 1. The summed E-state index contributed by atoms with van der Waals surface area (Å²) in [7, 11) is 0. The highest BCUT2D eigenvalue weighted by atomic mass is 19.1. The average molecular weight is 383 g/mol. The normalized spacial score (nSPS) is 15.2. The maximum absolute atomic E-state index is 13.2. The summed E-state index contributed by atoms with van der Waals surface area (Å²) in [6.45, 7) is 13.5. The first-order valence-corrected chi connectivity index (χ1v) is 11.0. The second-order valence-electron chi connectivity index (χ2n) is 7.29. The van der Waals surface area contributed by atoms with Crippen molar-refractivity contribution < 1.29 is 9.13 Å². The molecule has 1 atom stereocenters. The highest BCUT2D eigenvalue weighted by Gasteiger charge is 2.06. The van der Waals surface area contributed by atoms with Gasteiger partial charge in [0.25, 0.3) is 0 Å². The third-order valence-electron chi connectivity index (χ3n) is 4.92. The van der Waals surface area contributed by atoms with E-state index in [0.29, 0.717) is 18.7 Å². The number of nitrogens with zero attached hydrogens (tertiary/aromatic N) is 1. The molecule has 0 spiro atoms. The summed E-state index contributed by atoms with van der Waals surface area (Å²) < 4.78 is 18.7. The monoisotopic (exact) mass is 382 g/mol. The fourth-order valence-electron chi connectivity index (χ4n) is 2.82. The summed E-state index contributed by atoms with van der Waals surface area (Å²) in [5.41, 5.74) is 0.595. The number of rotatable bonds is 9. The van der Waals surface area contributed by atoms with Gasteiger partial charge in [-0.05, 0) is 24.3 Å². The Kier molecular flexibility index (Phi) is 17.7. The van der Waals surface area contributed by atoms with Crippen LogP contribution in [0.2, 0.25) is 0 Å². The Labute approximate surface area is 167 Å². The second-order valence-corrected chi connectivity index (χ2v) is 7.29. The second kappa shape index (κ2) is 18.4. The lowest BCUT2D eigenvalue weighted by atomic mass is 9.91. The van der Waals surface area contributed by atoms with Crippen molar-refractivity contribution in [1.29, 1.82) is 0 Å². The third-order valence-corrected chi connectivity index (χ3v) is 4.92. The molecule has 1 aliphatic carbocycles. The van der Waals surface area contributed by atoms with Crippen molar-refractivity contribution in [2.45, 2.75) is 86.1 Å². The molecule has 0 unspecified atom stereocenters. The van der Waals surface area contributed by atoms with Crippen LogP contribution in [0.1, 0.15) is 85.1 Å². The minimum Gasteiger partial charge on any atom is -0.380 e. The molecule has 1 aliphatic rings. The van der Waals surface area contributed by atoms with Gasteiger partial charge < -0.3 is 10.1 Å². The Morgan fingerprint density at radius 1 is 1.22 bits per heavy atom. The van der Waals surface area contributed by atoms with Crippen LogP contribution in [0.25, 0.3) is 0 Å². The van der Waals surface area contributed by atoms with Crippen molar-refractivity contribution in [2.75, 3.05) is 19.8 Å². The Morgan fingerprint density at radius 3 is 2.48 bits per heavy atom. The molecule has 1 heterocycles. The van der Waals surface area contributed by atoms with Crippen molar-refractivity contribution in [3.8, 4) is 0 Å². The fourth-order valence-corrected chi connectivity index (χ4v) is 2.82. The molecule has 0 radical (unpaired) electrons. The van der Waals surface area contributed by atoms with Crippen LogP contribution in [0.4, 0.5) is 4.39 Å². The minimum atomic E-state index is -0.400. The van der Waals surface area contributed by atoms with Crippen molar-refractivity contribution in [3.05, 3.63) is 29.8 Å². The minimum absolute atomic E-state index is 0.400. The topological polar surface area (TPSA) is 34.1 Å². The van der Waals surface area contributed by atoms with E-state index in [4.69, 9.17) is 4.74 Å². The molecule has 1 saturated carbocycles. The maximum Gasteiger partial charge on any atom is 0.217 e. The number of pyridine rings is 1. The van der Waals surface area contributed by atoms with E-state index in [0.717, 1.165) is 31.4 Å². The summed E-state index contributed by atoms with van der Waals surface area (Å²) in [6, 6.07) is 3.47. The zero-order valence-corrected chi connectivity index (χ0v) is 18.4. The standard InChI is InChI=1S/C14H23FN2O.C7H14.C2H6/c1-3-12(2)6-9-18-10-8-16-11-13-5-4-7-17-14(13)15;1-7-5-3-2-4-6-7;1-2/h4-5,7,12,16H,3,6,8-11H2,1-2H3;7H,2-6H2,1H3;1-2H3/t12-;;/m1../s1. The first-order chi connectivity index (χ1) is 13.1. The lowest BCUT2D eigenvalue weighted by molar-refractivity contribution is 0.123. The van der Waals surface area contributed by atoms with Crippen LogP contribution in [-0.2, 0) is 11.3 Å². The molecule has 0 bridgehead atoms. The largest absolute Gasteiger partial charge is 0.380 e. The molecule has 1 aromatic heterocycles. The maximum atomic E-state index is 13.2. The molecule has 2 rings (SSSR count). The van der Waals surface area contributed by atoms with Gasteiger partial charge in [0, 0.05) is 31.5 Å². The Bertz CT molecular complexity index is 436. The zero-order chi connectivity index (χ0) is 20.3. The smallest absolute Gasteiger partial charge is 0.217 e. The van der Waals surface area contributed by atoms with E-state index < -0.39 is 5.95 Å². The van der Waals surface area contributed by atoms with Crippen LogP contribution in [0.5, 0.6) is 0 Å². The van der Waals surface area contributed by atoms with Gasteiger partial charge in [0.05, 0.1) is 6.61 Å². The summed E-state index contributed by atoms with van der Waals surface area (Å²) in [4.78, 5) is 3.60. The number of ether oxygens (including phenoxy) is 1. The van der Waals surface area contributed by atoms with Gasteiger partial charge in [-0.3, -0.25) is 0 Å². The van der Waals surface area contributed by atoms with Crippen LogP contribution in [-0.4, -0.2) is 24.7 Å². The number of aromatic nitrogens is 1. The van der Waals surface area contributed by atoms with E-state index in [2.05, 4.69) is 31.1 Å². The summed E-state index contributed by atoms with van der Waals surface area (Å²) in [6.07, 6.45) is 11.2. The quantitative estimate of drug-likeness (QED) is 0.398. The van der Waals surface area contributed by atoms with Gasteiger partial charge >= 0.3 is 0 Å². The highest BCUT2D eigenvalue weighted by Crippen LogP contribution is 2.22. The van der Waals surface area contributed by atoms with Gasteiger partial charge in [-0.15, -0.1) is 0 Å². The molecule has 1 fully saturated rings. The molecular weight excluding hydrogens is 339 g/mol. The SMILES string of the molecule is CC.CC1CCCCC1.CC[C@@H](C)CCOCCNCc1cccnc1F. The first kappa shape index (κ1) is 26.0. The van der Waals surface area contributed by atoms with Gasteiger partial charge in [-0.2, -0.15) is 4.39 Å². The van der Waals surface area contributed by atoms with Gasteiger partial charge in [-0.1, -0.05) is 79.2 Å². The predicted molar refractivity (Wildman–Crippen MR) is 114 cm³/mol. The molecular formula is C23H43FN2O. The van der Waals surface area contributed by atoms with Crippen LogP contribution in [0, 0.1) is 17.8 Å². The zero-order valence-electron chi connectivity index (χ0n) is 18.4. The van der Waals surface area contributed by atoms with Crippen LogP contribution >= 0.6 is 0 Å². The highest BCUT2D eigenvalue weighted by molar-refractivity contribution is 5.10. The van der Waals surface area contributed by atoms with E-state index in [1.54, 1.807) is 12.1 Å². The Hall–Kier alpha value is -1.00. The average Bonchev–Trinajstić information content (AvgIpc) is 2.71. The molecule has 3 nitrogen and oxygen atoms in total. The van der Waals surface area contributed by atoms with Crippen molar-refractivity contribution >= 4 is 0 Å². The molecule has 1 aromatic rings. The molecule has 27 heavy (non-hydrogen) atoms. The molecule has 0 aliphatic heterocycles. The van der Waals surface area contributed by atoms with E-state index in [1.807, 2.05) is 13.8 Å². The van der Waals surface area contributed by atoms with Crippen LogP contribution in [0.3, 0.4) is 0 Å². The number of nitrogens with one attached hydrogen (secondary N) is 1. The van der Waals surface area contributed by atoms with Crippen molar-refractivity contribution in [2.24, 2.45) is 11.8 Å². The first-order valence-electron chi connectivity index (χ1n) is 11.0. The van der Waals surface area contributed by atoms with E-state index >= 15 is 0 Å². The number of hydrogen-bond acceptors (Lipinski definition) is 3. The Morgan fingerprint density at radius 2 is 1.93 bits per heavy atom. The van der Waals surface area contributed by atoms with Crippen LogP contribution in [0.15, 0.2) is 18.3 Å². The van der Waals surface area contributed by atoms with E-state index in [-0.39, 0.29) is 0 Å². The van der Waals surface area contributed by atoms with Crippen LogP contribution < -0.4 is 5.32 Å². The van der Waals surface area contributed by atoms with Crippen molar-refractivity contribution in [3.63, 3.8) is 0 Å². The lowest BCUT2D eigenvalue weighted by Crippen LogP contribution is -2.20. The van der Waals surface area contributed by atoms with Gasteiger partial charge in [-0.25, -0.2) is 4.98 Å². The molecule has 0 aromatic carbocycles. The van der Waals surface area contributed by atoms with E-state index in [1.165, 1.54) is 44.7 Å². The molecule has 158 valence electrons. The number of hydrogen-bond donors (Lipinski definition) is 1. The van der Waals surface area contributed by atoms with Gasteiger partial charge in [0.15, 0.2) is 0 Å². The fraction of sp³-hybridized carbons (Fsp3) is 0.783. The molecule has 4 heteroatoms. The summed E-state index contributed by atoms with van der Waals surface area (Å²) >= 11 is 0. The van der Waals surface area contributed by atoms with Gasteiger partial charge in [0.1, 0.15) is 0 Å². The van der Waals surface area contributed by atoms with E-state index in [9.17, 15) is 4.39 Å². The molecule has 1 N–H and O–H groups in total. The third kappa shape index (κ3) is 14.7. The van der Waals surface area contributed by atoms with Gasteiger partial charge in [0.2, 0.25) is 5.95 Å². The molecule has 0 saturated heterocycles. The molecule has 0 amide bonds. The predicted octanol–water partition coefficient (Wildman–Crippen LogP) is 6.38. The van der Waals surface area contributed by atoms with Crippen molar-refractivity contribution in [1.82, 2.24) is 10.3 Å². The lowest BCUT2D eigenvalue weighted by Gasteiger charge is -2.15. The summed E-state index contributed by atoms with van der Waals surface area (Å²) in [5, 5.41) is 3.14. The Balaban J connectivity index is 0.000000621. The summed E-state index contributed by atoms with van der Waals surface area (Å²) in [5.74, 6) is 1.36.